The van der Waals surface area contributed by atoms with E-state index in [-0.39, 0.29) is 17.6 Å². The quantitative estimate of drug-likeness (QED) is 0.793. The lowest BCUT2D eigenvalue weighted by atomic mass is 10.1. The molecule has 3 rings (SSSR count). The van der Waals surface area contributed by atoms with E-state index in [9.17, 15) is 9.18 Å². The van der Waals surface area contributed by atoms with Crippen molar-refractivity contribution in [2.45, 2.75) is 6.92 Å². The van der Waals surface area contributed by atoms with Gasteiger partial charge in [-0.1, -0.05) is 23.4 Å². The first-order valence-electron chi connectivity index (χ1n) is 6.73. The molecule has 0 aliphatic rings. The number of halogens is 1. The van der Waals surface area contributed by atoms with Gasteiger partial charge in [0.2, 0.25) is 5.88 Å². The molecule has 1 N–H and O–H groups in total. The molecule has 0 radical (unpaired) electrons. The molecule has 1 heterocycles. The molecule has 0 bridgehead atoms. The number of hydrogen-bond donors (Lipinski definition) is 1. The standard InChI is InChI=1S/C17H13FN2O2/c1-11-4-2-3-5-14(11)17(21)19-16-10-15(20-22-16)12-6-8-13(18)9-7-12/h2-10H,1H3,(H,19,21). The van der Waals surface area contributed by atoms with Crippen LogP contribution in [0, 0.1) is 12.7 Å². The SMILES string of the molecule is Cc1ccccc1C(=O)Nc1cc(-c2ccc(F)cc2)no1. The minimum Gasteiger partial charge on any atom is -0.338 e. The second-order valence-electron chi connectivity index (χ2n) is 4.85. The highest BCUT2D eigenvalue weighted by atomic mass is 19.1. The van der Waals surface area contributed by atoms with Crippen molar-refractivity contribution < 1.29 is 13.7 Å². The number of rotatable bonds is 3. The van der Waals surface area contributed by atoms with E-state index in [2.05, 4.69) is 10.5 Å². The van der Waals surface area contributed by atoms with Crippen molar-refractivity contribution in [1.29, 1.82) is 0 Å². The van der Waals surface area contributed by atoms with Gasteiger partial charge in [0.05, 0.1) is 0 Å². The maximum Gasteiger partial charge on any atom is 0.258 e. The van der Waals surface area contributed by atoms with E-state index in [0.29, 0.717) is 16.8 Å². The number of nitrogens with zero attached hydrogens (tertiary/aromatic N) is 1. The number of nitrogens with one attached hydrogen (secondary N) is 1. The van der Waals surface area contributed by atoms with Crippen molar-refractivity contribution in [3.63, 3.8) is 0 Å². The zero-order chi connectivity index (χ0) is 15.5. The summed E-state index contributed by atoms with van der Waals surface area (Å²) in [4.78, 5) is 12.2. The molecule has 1 amide bonds. The summed E-state index contributed by atoms with van der Waals surface area (Å²) in [5.74, 6) is -0.340. The number of aryl methyl sites for hydroxylation is 1. The third-order valence-corrected chi connectivity index (χ3v) is 3.28. The number of aromatic nitrogens is 1. The van der Waals surface area contributed by atoms with E-state index < -0.39 is 0 Å². The summed E-state index contributed by atoms with van der Waals surface area (Å²) in [5.41, 5.74) is 2.68. The first kappa shape index (κ1) is 14.0. The van der Waals surface area contributed by atoms with Gasteiger partial charge in [-0.2, -0.15) is 0 Å². The molecule has 0 fully saturated rings. The molecule has 5 heteroatoms. The first-order valence-corrected chi connectivity index (χ1v) is 6.73. The zero-order valence-corrected chi connectivity index (χ0v) is 11.8. The number of carbonyl (C=O) groups excluding carboxylic acids is 1. The zero-order valence-electron chi connectivity index (χ0n) is 11.8. The summed E-state index contributed by atoms with van der Waals surface area (Å²) in [6.07, 6.45) is 0. The average molecular weight is 296 g/mol. The van der Waals surface area contributed by atoms with Gasteiger partial charge in [-0.05, 0) is 42.8 Å². The van der Waals surface area contributed by atoms with Crippen molar-refractivity contribution in [2.24, 2.45) is 0 Å². The third kappa shape index (κ3) is 2.88. The smallest absolute Gasteiger partial charge is 0.258 e. The molecule has 22 heavy (non-hydrogen) atoms. The van der Waals surface area contributed by atoms with Crippen LogP contribution in [0.5, 0.6) is 0 Å². The number of anilines is 1. The Kier molecular flexibility index (Phi) is 3.70. The fraction of sp³-hybridized carbons (Fsp3) is 0.0588. The Morgan fingerprint density at radius 2 is 1.86 bits per heavy atom. The van der Waals surface area contributed by atoms with Crippen LogP contribution in [-0.4, -0.2) is 11.1 Å². The van der Waals surface area contributed by atoms with E-state index in [0.717, 1.165) is 5.56 Å². The van der Waals surface area contributed by atoms with E-state index in [1.807, 2.05) is 19.1 Å². The molecular weight excluding hydrogens is 283 g/mol. The van der Waals surface area contributed by atoms with Crippen LogP contribution in [0.1, 0.15) is 15.9 Å². The fourth-order valence-corrected chi connectivity index (χ4v) is 2.10. The summed E-state index contributed by atoms with van der Waals surface area (Å²) in [7, 11) is 0. The Labute approximate surface area is 126 Å². The fourth-order valence-electron chi connectivity index (χ4n) is 2.10. The predicted molar refractivity (Wildman–Crippen MR) is 81.0 cm³/mol. The molecule has 0 saturated carbocycles. The van der Waals surface area contributed by atoms with E-state index >= 15 is 0 Å². The molecule has 1 aromatic heterocycles. The van der Waals surface area contributed by atoms with Gasteiger partial charge < -0.3 is 4.52 Å². The molecule has 0 aliphatic carbocycles. The number of amides is 1. The number of benzene rings is 2. The predicted octanol–water partition coefficient (Wildman–Crippen LogP) is 4.04. The largest absolute Gasteiger partial charge is 0.338 e. The lowest BCUT2D eigenvalue weighted by molar-refractivity contribution is 0.102. The highest BCUT2D eigenvalue weighted by molar-refractivity contribution is 6.04. The van der Waals surface area contributed by atoms with Crippen molar-refractivity contribution in [1.82, 2.24) is 5.16 Å². The summed E-state index contributed by atoms with van der Waals surface area (Å²) in [5, 5.41) is 6.53. The minimum absolute atomic E-state index is 0.243. The lowest BCUT2D eigenvalue weighted by Crippen LogP contribution is -2.12. The van der Waals surface area contributed by atoms with Gasteiger partial charge in [-0.15, -0.1) is 0 Å². The minimum atomic E-state index is -0.319. The van der Waals surface area contributed by atoms with Gasteiger partial charge in [-0.25, -0.2) is 4.39 Å². The van der Waals surface area contributed by atoms with Gasteiger partial charge >= 0.3 is 0 Å². The van der Waals surface area contributed by atoms with Gasteiger partial charge in [-0.3, -0.25) is 10.1 Å². The molecular formula is C17H13FN2O2. The van der Waals surface area contributed by atoms with Crippen molar-refractivity contribution in [3.8, 4) is 11.3 Å². The summed E-state index contributed by atoms with van der Waals surface area (Å²) >= 11 is 0. The van der Waals surface area contributed by atoms with Crippen LogP contribution in [0.25, 0.3) is 11.3 Å². The number of carbonyl (C=O) groups is 1. The molecule has 2 aromatic carbocycles. The van der Waals surface area contributed by atoms with E-state index in [1.165, 1.54) is 12.1 Å². The van der Waals surface area contributed by atoms with E-state index in [4.69, 9.17) is 4.52 Å². The number of hydrogen-bond acceptors (Lipinski definition) is 3. The van der Waals surface area contributed by atoms with Gasteiger partial charge in [0.1, 0.15) is 11.5 Å². The molecule has 0 saturated heterocycles. The normalized spacial score (nSPS) is 10.5. The Hall–Kier alpha value is -2.95. The Bertz CT molecular complexity index is 810. The average Bonchev–Trinajstić information content (AvgIpc) is 2.97. The van der Waals surface area contributed by atoms with Crippen LogP contribution in [0.3, 0.4) is 0 Å². The Balaban J connectivity index is 1.78. The van der Waals surface area contributed by atoms with E-state index in [1.54, 1.807) is 30.3 Å². The molecule has 110 valence electrons. The maximum absolute atomic E-state index is 12.9. The van der Waals surface area contributed by atoms with Crippen LogP contribution in [0.4, 0.5) is 10.3 Å². The Morgan fingerprint density at radius 3 is 2.59 bits per heavy atom. The van der Waals surface area contributed by atoms with Crippen LogP contribution >= 0.6 is 0 Å². The van der Waals surface area contributed by atoms with Crippen LogP contribution in [0.2, 0.25) is 0 Å². The van der Waals surface area contributed by atoms with Gasteiger partial charge in [0, 0.05) is 17.2 Å². The highest BCUT2D eigenvalue weighted by Crippen LogP contribution is 2.22. The second kappa shape index (κ2) is 5.81. The lowest BCUT2D eigenvalue weighted by Gasteiger charge is -2.03. The maximum atomic E-state index is 12.9. The summed E-state index contributed by atoms with van der Waals surface area (Å²) in [6.45, 7) is 1.86. The molecule has 0 unspecified atom stereocenters. The molecule has 0 spiro atoms. The topological polar surface area (TPSA) is 55.1 Å². The monoisotopic (exact) mass is 296 g/mol. The summed E-state index contributed by atoms with van der Waals surface area (Å²) in [6, 6.07) is 14.7. The van der Waals surface area contributed by atoms with Crippen molar-refractivity contribution >= 4 is 11.8 Å². The molecule has 3 aromatic rings. The van der Waals surface area contributed by atoms with Gasteiger partial charge in [0.15, 0.2) is 0 Å². The van der Waals surface area contributed by atoms with Crippen molar-refractivity contribution in [2.75, 3.05) is 5.32 Å². The highest BCUT2D eigenvalue weighted by Gasteiger charge is 2.12. The molecule has 0 aliphatic heterocycles. The molecule has 4 nitrogen and oxygen atoms in total. The second-order valence-corrected chi connectivity index (χ2v) is 4.85. The van der Waals surface area contributed by atoms with Crippen LogP contribution < -0.4 is 5.32 Å². The Morgan fingerprint density at radius 1 is 1.14 bits per heavy atom. The van der Waals surface area contributed by atoms with Crippen LogP contribution in [-0.2, 0) is 0 Å². The molecule has 0 atom stereocenters. The third-order valence-electron chi connectivity index (χ3n) is 3.28. The van der Waals surface area contributed by atoms with Crippen LogP contribution in [0.15, 0.2) is 59.1 Å². The summed E-state index contributed by atoms with van der Waals surface area (Å²) < 4.78 is 18.0. The van der Waals surface area contributed by atoms with Gasteiger partial charge in [0.25, 0.3) is 5.91 Å². The first-order chi connectivity index (χ1) is 10.6. The van der Waals surface area contributed by atoms with Crippen molar-refractivity contribution in [3.05, 3.63) is 71.5 Å².